The largest absolute Gasteiger partial charge is 0.385 e. The zero-order valence-corrected chi connectivity index (χ0v) is 13.3. The van der Waals surface area contributed by atoms with E-state index in [2.05, 4.69) is 30.6 Å². The lowest BCUT2D eigenvalue weighted by molar-refractivity contribution is 0.164. The van der Waals surface area contributed by atoms with Gasteiger partial charge in [-0.25, -0.2) is 0 Å². The lowest BCUT2D eigenvalue weighted by atomic mass is 9.77. The van der Waals surface area contributed by atoms with Crippen LogP contribution in [0, 0.1) is 5.92 Å². The third kappa shape index (κ3) is 3.59. The summed E-state index contributed by atoms with van der Waals surface area (Å²) in [4.78, 5) is 1.62. The van der Waals surface area contributed by atoms with Gasteiger partial charge in [0, 0.05) is 30.6 Å². The summed E-state index contributed by atoms with van der Waals surface area (Å²) in [5.41, 5.74) is 1.62. The average Bonchev–Trinajstić information content (AvgIpc) is 2.90. The number of rotatable bonds is 7. The van der Waals surface area contributed by atoms with Crippen molar-refractivity contribution in [2.75, 3.05) is 20.3 Å². The lowest BCUT2D eigenvalue weighted by Gasteiger charge is -2.35. The van der Waals surface area contributed by atoms with Gasteiger partial charge in [0.15, 0.2) is 0 Å². The van der Waals surface area contributed by atoms with Crippen molar-refractivity contribution in [1.29, 1.82) is 0 Å². The zero-order chi connectivity index (χ0) is 13.7. The van der Waals surface area contributed by atoms with Gasteiger partial charge >= 0.3 is 0 Å². The number of hydrogen-bond acceptors (Lipinski definition) is 3. The number of fused-ring (bicyclic) bond motifs is 1. The fourth-order valence-electron chi connectivity index (χ4n) is 3.35. The number of nitrogens with one attached hydrogen (secondary N) is 1. The molecule has 0 aromatic carbocycles. The van der Waals surface area contributed by atoms with Crippen LogP contribution in [0.3, 0.4) is 0 Å². The number of aryl methyl sites for hydroxylation is 1. The standard InChI is InChI=1S/C16H27NOS/c1-4-17-16(12(2)8-10-18-3)14-6-5-7-15-13(14)9-11-19-15/h9,11-12,14,16-17H,4-8,10H2,1-3H3. The van der Waals surface area contributed by atoms with E-state index in [1.165, 1.54) is 19.3 Å². The molecule has 3 unspecified atom stereocenters. The van der Waals surface area contributed by atoms with Gasteiger partial charge in [-0.2, -0.15) is 0 Å². The number of hydrogen-bond donors (Lipinski definition) is 1. The van der Waals surface area contributed by atoms with Crippen LogP contribution in [0.2, 0.25) is 0 Å². The van der Waals surface area contributed by atoms with E-state index in [1.807, 2.05) is 11.3 Å². The van der Waals surface area contributed by atoms with Crippen molar-refractivity contribution in [3.05, 3.63) is 21.9 Å². The van der Waals surface area contributed by atoms with E-state index in [9.17, 15) is 0 Å². The van der Waals surface area contributed by atoms with Crippen molar-refractivity contribution in [3.8, 4) is 0 Å². The smallest absolute Gasteiger partial charge is 0.0465 e. The number of ether oxygens (including phenoxy) is 1. The summed E-state index contributed by atoms with van der Waals surface area (Å²) < 4.78 is 5.26. The highest BCUT2D eigenvalue weighted by Crippen LogP contribution is 2.39. The van der Waals surface area contributed by atoms with Crippen LogP contribution in [0.1, 0.15) is 49.5 Å². The van der Waals surface area contributed by atoms with E-state index in [0.717, 1.165) is 19.6 Å². The Hall–Kier alpha value is -0.380. The van der Waals surface area contributed by atoms with Gasteiger partial charge in [-0.15, -0.1) is 11.3 Å². The van der Waals surface area contributed by atoms with Crippen molar-refractivity contribution in [1.82, 2.24) is 5.32 Å². The molecule has 2 rings (SSSR count). The molecule has 0 amide bonds. The van der Waals surface area contributed by atoms with E-state index < -0.39 is 0 Å². The van der Waals surface area contributed by atoms with Gasteiger partial charge < -0.3 is 10.1 Å². The number of likely N-dealkylation sites (N-methyl/N-ethyl adjacent to an activating group) is 1. The molecule has 0 saturated heterocycles. The van der Waals surface area contributed by atoms with E-state index >= 15 is 0 Å². The number of thiophene rings is 1. The molecule has 3 heteroatoms. The molecule has 0 spiro atoms. The molecule has 0 radical (unpaired) electrons. The van der Waals surface area contributed by atoms with Crippen molar-refractivity contribution in [2.45, 2.75) is 51.5 Å². The highest BCUT2D eigenvalue weighted by molar-refractivity contribution is 7.10. The minimum Gasteiger partial charge on any atom is -0.385 e. The molecule has 0 saturated carbocycles. The maximum absolute atomic E-state index is 5.26. The van der Waals surface area contributed by atoms with Crippen LogP contribution in [0.5, 0.6) is 0 Å². The van der Waals surface area contributed by atoms with Gasteiger partial charge in [-0.1, -0.05) is 13.8 Å². The summed E-state index contributed by atoms with van der Waals surface area (Å²) in [5.74, 6) is 1.36. The van der Waals surface area contributed by atoms with Crippen LogP contribution in [-0.2, 0) is 11.2 Å². The van der Waals surface area contributed by atoms with Crippen LogP contribution in [-0.4, -0.2) is 26.3 Å². The molecule has 19 heavy (non-hydrogen) atoms. The van der Waals surface area contributed by atoms with Crippen LogP contribution in [0.15, 0.2) is 11.4 Å². The predicted octanol–water partition coefficient (Wildman–Crippen LogP) is 3.82. The molecular weight excluding hydrogens is 254 g/mol. The predicted molar refractivity (Wildman–Crippen MR) is 83.1 cm³/mol. The quantitative estimate of drug-likeness (QED) is 0.820. The Bertz CT molecular complexity index is 377. The highest BCUT2D eigenvalue weighted by atomic mass is 32.1. The first kappa shape index (κ1) is 15.0. The maximum Gasteiger partial charge on any atom is 0.0465 e. The second-order valence-corrected chi connectivity index (χ2v) is 6.64. The Kier molecular flexibility index (Phi) is 5.86. The van der Waals surface area contributed by atoms with E-state index in [4.69, 9.17) is 4.74 Å². The monoisotopic (exact) mass is 281 g/mol. The molecule has 1 heterocycles. The SMILES string of the molecule is CCNC(C(C)CCOC)C1CCCc2sccc21. The van der Waals surface area contributed by atoms with Crippen LogP contribution in [0.4, 0.5) is 0 Å². The normalized spacial score (nSPS) is 21.9. The van der Waals surface area contributed by atoms with E-state index in [1.54, 1.807) is 17.6 Å². The summed E-state index contributed by atoms with van der Waals surface area (Å²) in [7, 11) is 1.80. The summed E-state index contributed by atoms with van der Waals surface area (Å²) in [6.07, 6.45) is 5.11. The summed E-state index contributed by atoms with van der Waals surface area (Å²) >= 11 is 1.94. The Balaban J connectivity index is 2.11. The van der Waals surface area contributed by atoms with Gasteiger partial charge in [-0.05, 0) is 55.2 Å². The summed E-state index contributed by atoms with van der Waals surface area (Å²) in [6, 6.07) is 2.95. The van der Waals surface area contributed by atoms with Crippen LogP contribution < -0.4 is 5.32 Å². The fraction of sp³-hybridized carbons (Fsp3) is 0.750. The van der Waals surface area contributed by atoms with E-state index in [-0.39, 0.29) is 0 Å². The maximum atomic E-state index is 5.26. The minimum atomic E-state index is 0.591. The van der Waals surface area contributed by atoms with Crippen molar-refractivity contribution in [3.63, 3.8) is 0 Å². The Morgan fingerprint density at radius 1 is 1.53 bits per heavy atom. The first-order chi connectivity index (χ1) is 9.27. The fourth-order valence-corrected chi connectivity index (χ4v) is 4.35. The van der Waals surface area contributed by atoms with Crippen molar-refractivity contribution < 1.29 is 4.74 Å². The molecule has 0 aliphatic heterocycles. The second-order valence-electron chi connectivity index (χ2n) is 5.64. The molecule has 108 valence electrons. The zero-order valence-electron chi connectivity index (χ0n) is 12.4. The molecule has 0 fully saturated rings. The Morgan fingerprint density at radius 2 is 2.37 bits per heavy atom. The second kappa shape index (κ2) is 7.41. The minimum absolute atomic E-state index is 0.591. The molecule has 1 aromatic rings. The molecule has 0 bridgehead atoms. The number of methoxy groups -OCH3 is 1. The lowest BCUT2D eigenvalue weighted by Crippen LogP contribution is -2.41. The van der Waals surface area contributed by atoms with Crippen LogP contribution in [0.25, 0.3) is 0 Å². The summed E-state index contributed by atoms with van der Waals surface area (Å²) in [6.45, 7) is 6.50. The first-order valence-corrected chi connectivity index (χ1v) is 8.44. The van der Waals surface area contributed by atoms with Crippen molar-refractivity contribution in [2.24, 2.45) is 5.92 Å². The van der Waals surface area contributed by atoms with Gasteiger partial charge in [-0.3, -0.25) is 0 Å². The molecule has 1 aliphatic rings. The highest BCUT2D eigenvalue weighted by Gasteiger charge is 2.31. The third-order valence-electron chi connectivity index (χ3n) is 4.36. The molecule has 1 N–H and O–H groups in total. The Labute approximate surface area is 121 Å². The molecule has 1 aliphatic carbocycles. The average molecular weight is 281 g/mol. The third-order valence-corrected chi connectivity index (χ3v) is 5.36. The molecular formula is C16H27NOS. The summed E-state index contributed by atoms with van der Waals surface area (Å²) in [5, 5.41) is 6.01. The molecule has 1 aromatic heterocycles. The molecule has 3 atom stereocenters. The first-order valence-electron chi connectivity index (χ1n) is 7.56. The Morgan fingerprint density at radius 3 is 3.11 bits per heavy atom. The van der Waals surface area contributed by atoms with Gasteiger partial charge in [0.1, 0.15) is 0 Å². The van der Waals surface area contributed by atoms with Gasteiger partial charge in [0.2, 0.25) is 0 Å². The van der Waals surface area contributed by atoms with E-state index in [0.29, 0.717) is 17.9 Å². The topological polar surface area (TPSA) is 21.3 Å². The van der Waals surface area contributed by atoms with Crippen molar-refractivity contribution >= 4 is 11.3 Å². The molecule has 2 nitrogen and oxygen atoms in total. The van der Waals surface area contributed by atoms with Gasteiger partial charge in [0.25, 0.3) is 0 Å². The van der Waals surface area contributed by atoms with Crippen LogP contribution >= 0.6 is 11.3 Å². The van der Waals surface area contributed by atoms with Gasteiger partial charge in [0.05, 0.1) is 0 Å².